The lowest BCUT2D eigenvalue weighted by Gasteiger charge is -2.23. The fourth-order valence-electron chi connectivity index (χ4n) is 2.69. The van der Waals surface area contributed by atoms with Crippen molar-refractivity contribution in [2.75, 3.05) is 6.54 Å². The van der Waals surface area contributed by atoms with Gasteiger partial charge in [0.1, 0.15) is 17.0 Å². The first-order chi connectivity index (χ1) is 9.70. The SMILES string of the molecule is NC(=O)C1(Cc2cc(-c3ccccc3)no2)CCCN1. The molecule has 5 heteroatoms. The van der Waals surface area contributed by atoms with E-state index in [1.807, 2.05) is 36.4 Å². The molecule has 0 aliphatic carbocycles. The van der Waals surface area contributed by atoms with Crippen LogP contribution in [0.2, 0.25) is 0 Å². The van der Waals surface area contributed by atoms with Gasteiger partial charge in [-0.3, -0.25) is 4.79 Å². The molecule has 0 bridgehead atoms. The van der Waals surface area contributed by atoms with Gasteiger partial charge in [-0.2, -0.15) is 0 Å². The Morgan fingerprint density at radius 3 is 2.85 bits per heavy atom. The molecule has 104 valence electrons. The van der Waals surface area contributed by atoms with E-state index in [0.717, 1.165) is 30.6 Å². The standard InChI is InChI=1S/C15H17N3O2/c16-14(19)15(7-4-8-17-15)10-12-9-13(18-20-12)11-5-2-1-3-6-11/h1-3,5-6,9,17H,4,7-8,10H2,(H2,16,19). The number of rotatable bonds is 4. The highest BCUT2D eigenvalue weighted by atomic mass is 16.5. The van der Waals surface area contributed by atoms with Gasteiger partial charge in [0.25, 0.3) is 0 Å². The van der Waals surface area contributed by atoms with Crippen LogP contribution in [0.4, 0.5) is 0 Å². The number of nitrogens with two attached hydrogens (primary N) is 1. The summed E-state index contributed by atoms with van der Waals surface area (Å²) in [7, 11) is 0. The molecule has 1 unspecified atom stereocenters. The Morgan fingerprint density at radius 1 is 1.40 bits per heavy atom. The van der Waals surface area contributed by atoms with Crippen molar-refractivity contribution in [3.05, 3.63) is 42.2 Å². The van der Waals surface area contributed by atoms with Crippen molar-refractivity contribution in [2.45, 2.75) is 24.8 Å². The number of primary amides is 1. The van der Waals surface area contributed by atoms with Crippen LogP contribution in [0.3, 0.4) is 0 Å². The first-order valence-corrected chi connectivity index (χ1v) is 6.76. The summed E-state index contributed by atoms with van der Waals surface area (Å²) in [6, 6.07) is 11.7. The fourth-order valence-corrected chi connectivity index (χ4v) is 2.69. The minimum absolute atomic E-state index is 0.326. The van der Waals surface area contributed by atoms with Crippen LogP contribution in [-0.2, 0) is 11.2 Å². The van der Waals surface area contributed by atoms with E-state index in [4.69, 9.17) is 10.3 Å². The maximum absolute atomic E-state index is 11.7. The largest absolute Gasteiger partial charge is 0.368 e. The van der Waals surface area contributed by atoms with Crippen LogP contribution in [0.25, 0.3) is 11.3 Å². The molecule has 0 spiro atoms. The Hall–Kier alpha value is -2.14. The van der Waals surface area contributed by atoms with E-state index < -0.39 is 5.54 Å². The molecule has 2 heterocycles. The molecule has 1 aromatic heterocycles. The van der Waals surface area contributed by atoms with Crippen LogP contribution in [-0.4, -0.2) is 23.1 Å². The number of aromatic nitrogens is 1. The highest BCUT2D eigenvalue weighted by Crippen LogP contribution is 2.26. The smallest absolute Gasteiger partial charge is 0.238 e. The summed E-state index contributed by atoms with van der Waals surface area (Å²) in [5.74, 6) is 0.352. The summed E-state index contributed by atoms with van der Waals surface area (Å²) >= 11 is 0. The predicted octanol–water partition coefficient (Wildman–Crippen LogP) is 1.49. The van der Waals surface area contributed by atoms with Crippen molar-refractivity contribution in [3.63, 3.8) is 0 Å². The molecule has 20 heavy (non-hydrogen) atoms. The normalized spacial score (nSPS) is 22.0. The van der Waals surface area contributed by atoms with Gasteiger partial charge in [0.15, 0.2) is 0 Å². The number of amides is 1. The first kappa shape index (κ1) is 12.9. The molecular weight excluding hydrogens is 254 g/mol. The Labute approximate surface area is 117 Å². The Kier molecular flexibility index (Phi) is 3.28. The van der Waals surface area contributed by atoms with Gasteiger partial charge in [0, 0.05) is 18.1 Å². The third kappa shape index (κ3) is 2.32. The highest BCUT2D eigenvalue weighted by molar-refractivity contribution is 5.85. The van der Waals surface area contributed by atoms with E-state index in [0.29, 0.717) is 12.2 Å². The lowest BCUT2D eigenvalue weighted by Crippen LogP contribution is -2.53. The molecule has 1 saturated heterocycles. The van der Waals surface area contributed by atoms with Crippen molar-refractivity contribution in [1.29, 1.82) is 0 Å². The molecular formula is C15H17N3O2. The number of nitrogens with zero attached hydrogens (tertiary/aromatic N) is 1. The van der Waals surface area contributed by atoms with Gasteiger partial charge >= 0.3 is 0 Å². The topological polar surface area (TPSA) is 81.2 Å². The quantitative estimate of drug-likeness (QED) is 0.882. The van der Waals surface area contributed by atoms with Gasteiger partial charge in [0.2, 0.25) is 5.91 Å². The van der Waals surface area contributed by atoms with E-state index in [1.165, 1.54) is 0 Å². The van der Waals surface area contributed by atoms with E-state index in [1.54, 1.807) is 0 Å². The number of nitrogens with one attached hydrogen (secondary N) is 1. The number of carbonyl (C=O) groups is 1. The van der Waals surface area contributed by atoms with E-state index >= 15 is 0 Å². The van der Waals surface area contributed by atoms with Gasteiger partial charge < -0.3 is 15.6 Å². The molecule has 1 amide bonds. The highest BCUT2D eigenvalue weighted by Gasteiger charge is 2.40. The molecule has 0 radical (unpaired) electrons. The zero-order valence-corrected chi connectivity index (χ0v) is 11.1. The van der Waals surface area contributed by atoms with Crippen molar-refractivity contribution in [1.82, 2.24) is 10.5 Å². The summed E-state index contributed by atoms with van der Waals surface area (Å²) in [5.41, 5.74) is 6.62. The first-order valence-electron chi connectivity index (χ1n) is 6.76. The van der Waals surface area contributed by atoms with Gasteiger partial charge in [-0.15, -0.1) is 0 Å². The van der Waals surface area contributed by atoms with Crippen LogP contribution in [0.5, 0.6) is 0 Å². The van der Waals surface area contributed by atoms with Crippen LogP contribution in [0.15, 0.2) is 40.9 Å². The second-order valence-corrected chi connectivity index (χ2v) is 5.20. The molecule has 1 aliphatic heterocycles. The lowest BCUT2D eigenvalue weighted by molar-refractivity contribution is -0.124. The molecule has 2 aromatic rings. The third-order valence-corrected chi connectivity index (χ3v) is 3.82. The Bertz CT molecular complexity index is 601. The molecule has 1 aliphatic rings. The number of hydrogen-bond acceptors (Lipinski definition) is 4. The van der Waals surface area contributed by atoms with Crippen LogP contribution < -0.4 is 11.1 Å². The van der Waals surface area contributed by atoms with E-state index in [9.17, 15) is 4.79 Å². The van der Waals surface area contributed by atoms with E-state index in [2.05, 4.69) is 10.5 Å². The minimum atomic E-state index is -0.687. The zero-order valence-electron chi connectivity index (χ0n) is 11.1. The van der Waals surface area contributed by atoms with Crippen LogP contribution in [0, 0.1) is 0 Å². The average molecular weight is 271 g/mol. The molecule has 0 saturated carbocycles. The Morgan fingerprint density at radius 2 is 2.20 bits per heavy atom. The zero-order chi connectivity index (χ0) is 14.0. The molecule has 3 N–H and O–H groups in total. The molecule has 1 fully saturated rings. The monoisotopic (exact) mass is 271 g/mol. The summed E-state index contributed by atoms with van der Waals surface area (Å²) in [4.78, 5) is 11.7. The molecule has 1 atom stereocenters. The van der Waals surface area contributed by atoms with Crippen LogP contribution in [0.1, 0.15) is 18.6 Å². The van der Waals surface area contributed by atoms with Crippen molar-refractivity contribution < 1.29 is 9.32 Å². The fraction of sp³-hybridized carbons (Fsp3) is 0.333. The molecule has 5 nitrogen and oxygen atoms in total. The summed E-state index contributed by atoms with van der Waals surface area (Å²) in [6.45, 7) is 0.808. The van der Waals surface area contributed by atoms with Crippen LogP contribution >= 0.6 is 0 Å². The van der Waals surface area contributed by atoms with Gasteiger partial charge in [-0.1, -0.05) is 35.5 Å². The molecule has 3 rings (SSSR count). The third-order valence-electron chi connectivity index (χ3n) is 3.82. The number of carbonyl (C=O) groups excluding carboxylic acids is 1. The second kappa shape index (κ2) is 5.09. The van der Waals surface area contributed by atoms with Gasteiger partial charge in [0.05, 0.1) is 0 Å². The van der Waals surface area contributed by atoms with Crippen molar-refractivity contribution >= 4 is 5.91 Å². The second-order valence-electron chi connectivity index (χ2n) is 5.20. The van der Waals surface area contributed by atoms with Gasteiger partial charge in [-0.05, 0) is 19.4 Å². The summed E-state index contributed by atoms with van der Waals surface area (Å²) in [5, 5.41) is 7.27. The number of hydrogen-bond donors (Lipinski definition) is 2. The lowest BCUT2D eigenvalue weighted by atomic mass is 9.91. The Balaban J connectivity index is 1.82. The minimum Gasteiger partial charge on any atom is -0.368 e. The number of benzene rings is 1. The summed E-state index contributed by atoms with van der Waals surface area (Å²) in [6.07, 6.45) is 2.13. The maximum Gasteiger partial charge on any atom is 0.238 e. The predicted molar refractivity (Wildman–Crippen MR) is 74.8 cm³/mol. The van der Waals surface area contributed by atoms with Gasteiger partial charge in [-0.25, -0.2) is 0 Å². The maximum atomic E-state index is 11.7. The summed E-state index contributed by atoms with van der Waals surface area (Å²) < 4.78 is 5.36. The van der Waals surface area contributed by atoms with Crippen molar-refractivity contribution in [3.8, 4) is 11.3 Å². The van der Waals surface area contributed by atoms with E-state index in [-0.39, 0.29) is 5.91 Å². The molecule has 1 aromatic carbocycles. The average Bonchev–Trinajstić information content (AvgIpc) is 3.10. The van der Waals surface area contributed by atoms with Crippen molar-refractivity contribution in [2.24, 2.45) is 5.73 Å².